The Labute approximate surface area is 207 Å². The van der Waals surface area contributed by atoms with Crippen LogP contribution in [-0.2, 0) is 13.1 Å². The van der Waals surface area contributed by atoms with Gasteiger partial charge in [-0.15, -0.1) is 24.0 Å². The summed E-state index contributed by atoms with van der Waals surface area (Å²) < 4.78 is 2.28. The van der Waals surface area contributed by atoms with E-state index >= 15 is 0 Å². The SMILES string of the molecule is CN=C(NCCCn1c(C)nc2ccccc21)NCc1ccnc(N2CCCCC2)c1.I. The molecule has 0 bridgehead atoms. The number of hydrogen-bond acceptors (Lipinski definition) is 4. The first kappa shape index (κ1) is 24.3. The third kappa shape index (κ3) is 6.11. The number of nitrogens with zero attached hydrogens (tertiary/aromatic N) is 5. The van der Waals surface area contributed by atoms with Crippen molar-refractivity contribution in [3.63, 3.8) is 0 Å². The molecule has 32 heavy (non-hydrogen) atoms. The highest BCUT2D eigenvalue weighted by Gasteiger charge is 2.12. The molecule has 0 spiro atoms. The van der Waals surface area contributed by atoms with Crippen molar-refractivity contribution in [3.05, 3.63) is 54.0 Å². The van der Waals surface area contributed by atoms with Crippen LogP contribution in [0.2, 0.25) is 0 Å². The number of rotatable bonds is 7. The zero-order valence-corrected chi connectivity index (χ0v) is 21.4. The minimum Gasteiger partial charge on any atom is -0.357 e. The number of imidazole rings is 1. The monoisotopic (exact) mass is 547 g/mol. The first-order chi connectivity index (χ1) is 15.2. The molecule has 1 aromatic carbocycles. The fraction of sp³-hybridized carbons (Fsp3) is 0.458. The van der Waals surface area contributed by atoms with Crippen LogP contribution in [-0.4, -0.2) is 47.2 Å². The molecule has 0 radical (unpaired) electrons. The molecule has 0 aliphatic carbocycles. The highest BCUT2D eigenvalue weighted by Crippen LogP contribution is 2.18. The van der Waals surface area contributed by atoms with E-state index in [9.17, 15) is 0 Å². The number of hydrogen-bond donors (Lipinski definition) is 2. The average Bonchev–Trinajstić information content (AvgIpc) is 3.14. The lowest BCUT2D eigenvalue weighted by Crippen LogP contribution is -2.37. The molecular weight excluding hydrogens is 513 g/mol. The van der Waals surface area contributed by atoms with E-state index in [1.807, 2.05) is 19.3 Å². The van der Waals surface area contributed by atoms with E-state index in [-0.39, 0.29) is 24.0 Å². The third-order valence-electron chi connectivity index (χ3n) is 5.87. The summed E-state index contributed by atoms with van der Waals surface area (Å²) in [5.74, 6) is 2.97. The van der Waals surface area contributed by atoms with Crippen molar-refractivity contribution in [1.29, 1.82) is 0 Å². The van der Waals surface area contributed by atoms with E-state index in [4.69, 9.17) is 0 Å². The van der Waals surface area contributed by atoms with Crippen LogP contribution in [0.5, 0.6) is 0 Å². The molecule has 7 nitrogen and oxygen atoms in total. The van der Waals surface area contributed by atoms with Crippen molar-refractivity contribution in [2.24, 2.45) is 4.99 Å². The highest BCUT2D eigenvalue weighted by molar-refractivity contribution is 14.0. The zero-order valence-electron chi connectivity index (χ0n) is 19.0. The Morgan fingerprint density at radius 1 is 1.09 bits per heavy atom. The first-order valence-corrected chi connectivity index (χ1v) is 11.3. The maximum absolute atomic E-state index is 4.64. The number of piperidine rings is 1. The second kappa shape index (κ2) is 12.0. The first-order valence-electron chi connectivity index (χ1n) is 11.3. The molecular formula is C24H34IN7. The zero-order chi connectivity index (χ0) is 21.5. The number of aliphatic imine (C=N–C) groups is 1. The third-order valence-corrected chi connectivity index (χ3v) is 5.87. The van der Waals surface area contributed by atoms with Crippen molar-refractivity contribution in [2.45, 2.75) is 45.7 Å². The van der Waals surface area contributed by atoms with E-state index < -0.39 is 0 Å². The molecule has 1 saturated heterocycles. The van der Waals surface area contributed by atoms with Gasteiger partial charge >= 0.3 is 0 Å². The maximum Gasteiger partial charge on any atom is 0.191 e. The number of aryl methyl sites for hydroxylation is 2. The van der Waals surface area contributed by atoms with Crippen molar-refractivity contribution in [1.82, 2.24) is 25.2 Å². The van der Waals surface area contributed by atoms with E-state index in [0.717, 1.165) is 62.3 Å². The standard InChI is InChI=1S/C24H33N7.HI/c1-19-29-21-9-4-5-10-22(21)31(19)16-8-12-27-24(25-2)28-18-20-11-13-26-23(17-20)30-14-6-3-7-15-30;/h4-5,9-11,13,17H,3,6-8,12,14-16,18H2,1-2H3,(H2,25,27,28);1H. The summed E-state index contributed by atoms with van der Waals surface area (Å²) in [5, 5.41) is 6.85. The molecule has 0 unspecified atom stereocenters. The summed E-state index contributed by atoms with van der Waals surface area (Å²) in [4.78, 5) is 16.0. The second-order valence-corrected chi connectivity index (χ2v) is 8.08. The number of pyridine rings is 1. The smallest absolute Gasteiger partial charge is 0.191 e. The van der Waals surface area contributed by atoms with Crippen LogP contribution in [0, 0.1) is 6.92 Å². The minimum absolute atomic E-state index is 0. The Morgan fingerprint density at radius 2 is 1.91 bits per heavy atom. The van der Waals surface area contributed by atoms with E-state index in [1.165, 1.54) is 30.3 Å². The van der Waals surface area contributed by atoms with Gasteiger partial charge in [-0.25, -0.2) is 9.97 Å². The van der Waals surface area contributed by atoms with E-state index in [1.54, 1.807) is 0 Å². The lowest BCUT2D eigenvalue weighted by atomic mass is 10.1. The quantitative estimate of drug-likeness (QED) is 0.202. The van der Waals surface area contributed by atoms with Crippen LogP contribution in [0.15, 0.2) is 47.6 Å². The van der Waals surface area contributed by atoms with Gasteiger partial charge < -0.3 is 20.1 Å². The van der Waals surface area contributed by atoms with Crippen LogP contribution in [0.1, 0.15) is 37.1 Å². The predicted molar refractivity (Wildman–Crippen MR) is 143 cm³/mol. The molecule has 2 aromatic heterocycles. The highest BCUT2D eigenvalue weighted by atomic mass is 127. The number of fused-ring (bicyclic) bond motifs is 1. The molecule has 172 valence electrons. The van der Waals surface area contributed by atoms with Gasteiger partial charge in [0.1, 0.15) is 11.6 Å². The number of anilines is 1. The Kier molecular flexibility index (Phi) is 9.13. The summed E-state index contributed by atoms with van der Waals surface area (Å²) in [6.07, 6.45) is 6.76. The normalized spacial score (nSPS) is 14.3. The molecule has 1 aliphatic heterocycles. The molecule has 0 amide bonds. The summed E-state index contributed by atoms with van der Waals surface area (Å²) >= 11 is 0. The Hall–Kier alpha value is -2.36. The molecule has 3 aromatic rings. The van der Waals surface area contributed by atoms with Gasteiger partial charge in [0.15, 0.2) is 5.96 Å². The van der Waals surface area contributed by atoms with Gasteiger partial charge in [-0.05, 0) is 62.4 Å². The van der Waals surface area contributed by atoms with Gasteiger partial charge in [0.2, 0.25) is 0 Å². The Bertz CT molecular complexity index is 1020. The van der Waals surface area contributed by atoms with Crippen molar-refractivity contribution in [3.8, 4) is 0 Å². The van der Waals surface area contributed by atoms with Gasteiger partial charge in [-0.1, -0.05) is 12.1 Å². The Morgan fingerprint density at radius 3 is 2.72 bits per heavy atom. The van der Waals surface area contributed by atoms with Gasteiger partial charge in [-0.3, -0.25) is 4.99 Å². The number of aromatic nitrogens is 3. The number of guanidine groups is 1. The number of benzene rings is 1. The molecule has 2 N–H and O–H groups in total. The number of nitrogens with one attached hydrogen (secondary N) is 2. The molecule has 0 atom stereocenters. The number of para-hydroxylation sites is 2. The van der Waals surface area contributed by atoms with Crippen LogP contribution in [0.4, 0.5) is 5.82 Å². The molecule has 1 fully saturated rings. The van der Waals surface area contributed by atoms with Crippen molar-refractivity contribution in [2.75, 3.05) is 31.6 Å². The lowest BCUT2D eigenvalue weighted by Gasteiger charge is -2.28. The molecule has 1 aliphatic rings. The van der Waals surface area contributed by atoms with Gasteiger partial charge in [0.05, 0.1) is 11.0 Å². The second-order valence-electron chi connectivity index (χ2n) is 8.08. The minimum atomic E-state index is 0. The summed E-state index contributed by atoms with van der Waals surface area (Å²) in [6.45, 7) is 6.80. The fourth-order valence-corrected chi connectivity index (χ4v) is 4.20. The molecule has 3 heterocycles. The van der Waals surface area contributed by atoms with Gasteiger partial charge in [0.25, 0.3) is 0 Å². The van der Waals surface area contributed by atoms with Crippen molar-refractivity contribution >= 4 is 46.8 Å². The van der Waals surface area contributed by atoms with E-state index in [0.29, 0.717) is 0 Å². The maximum atomic E-state index is 4.64. The average molecular weight is 547 g/mol. The lowest BCUT2D eigenvalue weighted by molar-refractivity contribution is 0.573. The molecule has 4 rings (SSSR count). The van der Waals surface area contributed by atoms with Crippen LogP contribution in [0.3, 0.4) is 0 Å². The van der Waals surface area contributed by atoms with Gasteiger partial charge in [-0.2, -0.15) is 0 Å². The largest absolute Gasteiger partial charge is 0.357 e. The predicted octanol–water partition coefficient (Wildman–Crippen LogP) is 4.10. The molecule has 8 heteroatoms. The molecule has 0 saturated carbocycles. The topological polar surface area (TPSA) is 70.4 Å². The summed E-state index contributed by atoms with van der Waals surface area (Å²) in [5.41, 5.74) is 3.48. The fourth-order valence-electron chi connectivity index (χ4n) is 4.20. The van der Waals surface area contributed by atoms with Crippen molar-refractivity contribution < 1.29 is 0 Å². The van der Waals surface area contributed by atoms with E-state index in [2.05, 4.69) is 72.3 Å². The Balaban J connectivity index is 0.00000289. The van der Waals surface area contributed by atoms with Crippen LogP contribution in [0.25, 0.3) is 11.0 Å². The van der Waals surface area contributed by atoms with Crippen LogP contribution >= 0.6 is 24.0 Å². The summed E-state index contributed by atoms with van der Waals surface area (Å²) in [7, 11) is 1.81. The number of halogens is 1. The van der Waals surface area contributed by atoms with Crippen LogP contribution < -0.4 is 15.5 Å². The summed E-state index contributed by atoms with van der Waals surface area (Å²) in [6, 6.07) is 12.6. The van der Waals surface area contributed by atoms with Gasteiger partial charge in [0, 0.05) is 46.0 Å².